The molecule has 1 heterocycles. The SMILES string of the molecule is Cc1ccc(-c2ccc(-c3ccc(C(N)=O)[nH]3)cc2)cc1.Cl. The molecule has 4 heteroatoms. The van der Waals surface area contributed by atoms with E-state index in [2.05, 4.69) is 48.3 Å². The molecule has 112 valence electrons. The molecule has 0 saturated heterocycles. The van der Waals surface area contributed by atoms with Crippen LogP contribution < -0.4 is 5.73 Å². The third kappa shape index (κ3) is 3.21. The lowest BCUT2D eigenvalue weighted by atomic mass is 10.0. The molecular weight excluding hydrogens is 296 g/mol. The van der Waals surface area contributed by atoms with Crippen molar-refractivity contribution in [2.75, 3.05) is 0 Å². The number of nitrogens with two attached hydrogens (primary N) is 1. The lowest BCUT2D eigenvalue weighted by Gasteiger charge is -2.04. The Labute approximate surface area is 135 Å². The van der Waals surface area contributed by atoms with Gasteiger partial charge in [-0.25, -0.2) is 0 Å². The summed E-state index contributed by atoms with van der Waals surface area (Å²) >= 11 is 0. The molecule has 0 aliphatic heterocycles. The minimum Gasteiger partial charge on any atom is -0.364 e. The average molecular weight is 313 g/mol. The number of hydrogen-bond acceptors (Lipinski definition) is 1. The van der Waals surface area contributed by atoms with E-state index in [-0.39, 0.29) is 12.4 Å². The molecule has 0 aliphatic carbocycles. The minimum absolute atomic E-state index is 0. The Balaban J connectivity index is 0.00000176. The average Bonchev–Trinajstić information content (AvgIpc) is 2.98. The van der Waals surface area contributed by atoms with Crippen LogP contribution in [0.25, 0.3) is 22.4 Å². The van der Waals surface area contributed by atoms with Crippen molar-refractivity contribution < 1.29 is 4.79 Å². The molecule has 0 radical (unpaired) electrons. The molecule has 22 heavy (non-hydrogen) atoms. The van der Waals surface area contributed by atoms with Crippen LogP contribution in [0.4, 0.5) is 0 Å². The number of nitrogens with one attached hydrogen (secondary N) is 1. The molecule has 1 aromatic heterocycles. The quantitative estimate of drug-likeness (QED) is 0.749. The fourth-order valence-electron chi connectivity index (χ4n) is 2.30. The Bertz CT molecular complexity index is 774. The van der Waals surface area contributed by atoms with Crippen molar-refractivity contribution in [1.29, 1.82) is 0 Å². The molecule has 3 N–H and O–H groups in total. The number of primary amides is 1. The van der Waals surface area contributed by atoms with Crippen molar-refractivity contribution in [3.05, 3.63) is 71.9 Å². The third-order valence-electron chi connectivity index (χ3n) is 3.53. The molecule has 0 saturated carbocycles. The van der Waals surface area contributed by atoms with Crippen molar-refractivity contribution in [2.24, 2.45) is 5.73 Å². The first-order valence-corrected chi connectivity index (χ1v) is 6.80. The first kappa shape index (κ1) is 15.9. The van der Waals surface area contributed by atoms with Gasteiger partial charge in [-0.2, -0.15) is 0 Å². The normalized spacial score (nSPS) is 10.0. The second-order valence-corrected chi connectivity index (χ2v) is 5.09. The Hall–Kier alpha value is -2.52. The summed E-state index contributed by atoms with van der Waals surface area (Å²) < 4.78 is 0. The van der Waals surface area contributed by atoms with Gasteiger partial charge >= 0.3 is 0 Å². The number of aromatic amines is 1. The molecule has 3 nitrogen and oxygen atoms in total. The van der Waals surface area contributed by atoms with E-state index in [1.807, 2.05) is 18.2 Å². The highest BCUT2D eigenvalue weighted by atomic mass is 35.5. The van der Waals surface area contributed by atoms with Crippen LogP contribution in [-0.2, 0) is 0 Å². The maximum Gasteiger partial charge on any atom is 0.265 e. The second-order valence-electron chi connectivity index (χ2n) is 5.09. The molecule has 0 aliphatic rings. The zero-order chi connectivity index (χ0) is 14.8. The monoisotopic (exact) mass is 312 g/mol. The van der Waals surface area contributed by atoms with E-state index >= 15 is 0 Å². The number of rotatable bonds is 3. The molecular formula is C18H17ClN2O. The summed E-state index contributed by atoms with van der Waals surface area (Å²) in [6.45, 7) is 2.08. The van der Waals surface area contributed by atoms with Gasteiger partial charge in [0.05, 0.1) is 0 Å². The highest BCUT2D eigenvalue weighted by Gasteiger charge is 2.06. The largest absolute Gasteiger partial charge is 0.364 e. The first-order valence-electron chi connectivity index (χ1n) is 6.80. The summed E-state index contributed by atoms with van der Waals surface area (Å²) in [5.41, 5.74) is 11.2. The fourth-order valence-corrected chi connectivity index (χ4v) is 2.30. The van der Waals surface area contributed by atoms with Gasteiger partial charge in [0.1, 0.15) is 5.69 Å². The summed E-state index contributed by atoms with van der Waals surface area (Å²) in [6.07, 6.45) is 0. The number of aromatic nitrogens is 1. The van der Waals surface area contributed by atoms with Gasteiger partial charge in [-0.1, -0.05) is 54.1 Å². The summed E-state index contributed by atoms with van der Waals surface area (Å²) in [7, 11) is 0. The highest BCUT2D eigenvalue weighted by Crippen LogP contribution is 2.24. The van der Waals surface area contributed by atoms with E-state index in [1.165, 1.54) is 16.7 Å². The highest BCUT2D eigenvalue weighted by molar-refractivity contribution is 5.92. The molecule has 2 aromatic carbocycles. The van der Waals surface area contributed by atoms with Crippen LogP contribution in [0.5, 0.6) is 0 Å². The van der Waals surface area contributed by atoms with Gasteiger partial charge in [0.2, 0.25) is 0 Å². The van der Waals surface area contributed by atoms with Gasteiger partial charge < -0.3 is 10.7 Å². The van der Waals surface area contributed by atoms with Crippen molar-refractivity contribution >= 4 is 18.3 Å². The predicted octanol–water partition coefficient (Wildman–Crippen LogP) is 4.18. The standard InChI is InChI=1S/C18H16N2O.ClH/c1-12-2-4-13(5-3-12)14-6-8-15(9-7-14)16-10-11-17(20-16)18(19)21;/h2-11,20H,1H3,(H2,19,21);1H. The van der Waals surface area contributed by atoms with E-state index in [0.717, 1.165) is 11.3 Å². The van der Waals surface area contributed by atoms with E-state index in [9.17, 15) is 4.79 Å². The third-order valence-corrected chi connectivity index (χ3v) is 3.53. The molecule has 0 spiro atoms. The van der Waals surface area contributed by atoms with Crippen LogP contribution in [0.15, 0.2) is 60.7 Å². The van der Waals surface area contributed by atoms with Gasteiger partial charge in [0.25, 0.3) is 5.91 Å². The van der Waals surface area contributed by atoms with E-state index in [1.54, 1.807) is 6.07 Å². The van der Waals surface area contributed by atoms with E-state index in [4.69, 9.17) is 5.73 Å². The number of amides is 1. The van der Waals surface area contributed by atoms with Crippen LogP contribution in [0.2, 0.25) is 0 Å². The molecule has 0 bridgehead atoms. The first-order chi connectivity index (χ1) is 10.1. The fraction of sp³-hybridized carbons (Fsp3) is 0.0556. The Kier molecular flexibility index (Phi) is 4.68. The molecule has 0 unspecified atom stereocenters. The van der Waals surface area contributed by atoms with Gasteiger partial charge in [-0.15, -0.1) is 12.4 Å². The molecule has 1 amide bonds. The van der Waals surface area contributed by atoms with Gasteiger partial charge in [0.15, 0.2) is 0 Å². The second kappa shape index (κ2) is 6.50. The molecule has 0 atom stereocenters. The molecule has 0 fully saturated rings. The lowest BCUT2D eigenvalue weighted by Crippen LogP contribution is -2.10. The van der Waals surface area contributed by atoms with Crippen LogP contribution in [0, 0.1) is 6.92 Å². The predicted molar refractivity (Wildman–Crippen MR) is 92.2 cm³/mol. The number of carbonyl (C=O) groups excluding carboxylic acids is 1. The number of hydrogen-bond donors (Lipinski definition) is 2. The van der Waals surface area contributed by atoms with Crippen molar-refractivity contribution in [1.82, 2.24) is 4.98 Å². The van der Waals surface area contributed by atoms with Crippen LogP contribution in [0.3, 0.4) is 0 Å². The summed E-state index contributed by atoms with van der Waals surface area (Å²) in [5, 5.41) is 0. The summed E-state index contributed by atoms with van der Waals surface area (Å²) in [6, 6.07) is 20.2. The number of halogens is 1. The van der Waals surface area contributed by atoms with Gasteiger partial charge in [0, 0.05) is 5.69 Å². The van der Waals surface area contributed by atoms with Crippen molar-refractivity contribution in [3.8, 4) is 22.4 Å². The number of H-pyrrole nitrogens is 1. The van der Waals surface area contributed by atoms with Crippen LogP contribution in [0.1, 0.15) is 16.1 Å². The number of carbonyl (C=O) groups is 1. The summed E-state index contributed by atoms with van der Waals surface area (Å²) in [5.74, 6) is -0.447. The number of aryl methyl sites for hydroxylation is 1. The summed E-state index contributed by atoms with van der Waals surface area (Å²) in [4.78, 5) is 14.1. The van der Waals surface area contributed by atoms with E-state index < -0.39 is 5.91 Å². The lowest BCUT2D eigenvalue weighted by molar-refractivity contribution is 0.0996. The van der Waals surface area contributed by atoms with Crippen molar-refractivity contribution in [3.63, 3.8) is 0 Å². The van der Waals surface area contributed by atoms with Crippen LogP contribution in [-0.4, -0.2) is 10.9 Å². The Morgan fingerprint density at radius 3 is 1.82 bits per heavy atom. The van der Waals surface area contributed by atoms with E-state index in [0.29, 0.717) is 5.69 Å². The molecule has 3 aromatic rings. The maximum absolute atomic E-state index is 11.1. The molecule has 3 rings (SSSR count). The topological polar surface area (TPSA) is 58.9 Å². The van der Waals surface area contributed by atoms with Gasteiger partial charge in [-0.05, 0) is 35.7 Å². The van der Waals surface area contributed by atoms with Gasteiger partial charge in [-0.3, -0.25) is 4.79 Å². The Morgan fingerprint density at radius 2 is 1.32 bits per heavy atom. The maximum atomic E-state index is 11.1. The zero-order valence-electron chi connectivity index (χ0n) is 12.2. The Morgan fingerprint density at radius 1 is 0.818 bits per heavy atom. The zero-order valence-corrected chi connectivity index (χ0v) is 13.0. The minimum atomic E-state index is -0.447. The van der Waals surface area contributed by atoms with Crippen LogP contribution >= 0.6 is 12.4 Å². The van der Waals surface area contributed by atoms with Crippen molar-refractivity contribution in [2.45, 2.75) is 6.92 Å². The number of benzene rings is 2. The smallest absolute Gasteiger partial charge is 0.265 e.